The summed E-state index contributed by atoms with van der Waals surface area (Å²) in [6, 6.07) is 11.3. The fourth-order valence-corrected chi connectivity index (χ4v) is 2.61. The Balaban J connectivity index is 1.51. The van der Waals surface area contributed by atoms with E-state index in [4.69, 9.17) is 13.9 Å². The van der Waals surface area contributed by atoms with E-state index in [1.807, 2.05) is 43.3 Å². The molecule has 0 bridgehead atoms. The second-order valence-electron chi connectivity index (χ2n) is 5.83. The number of ether oxygens (including phenoxy) is 2. The minimum absolute atomic E-state index is 0.0748. The molecule has 1 aliphatic rings. The molecule has 2 heterocycles. The highest BCUT2D eigenvalue weighted by atomic mass is 16.5. The van der Waals surface area contributed by atoms with Crippen molar-refractivity contribution in [2.75, 3.05) is 25.0 Å². The molecule has 0 aliphatic carbocycles. The summed E-state index contributed by atoms with van der Waals surface area (Å²) >= 11 is 0. The van der Waals surface area contributed by atoms with Crippen molar-refractivity contribution in [3.8, 4) is 0 Å². The number of nitrogens with zero attached hydrogens (tertiary/aromatic N) is 1. The fourth-order valence-electron chi connectivity index (χ4n) is 2.61. The largest absolute Gasteiger partial charge is 0.467 e. The summed E-state index contributed by atoms with van der Waals surface area (Å²) in [6.45, 7) is 4.65. The first-order valence-electron chi connectivity index (χ1n) is 8.07. The molecule has 3 rings (SSSR count). The van der Waals surface area contributed by atoms with Gasteiger partial charge in [0, 0.05) is 18.8 Å². The van der Waals surface area contributed by atoms with Crippen molar-refractivity contribution in [1.82, 2.24) is 4.90 Å². The Kier molecular flexibility index (Phi) is 5.51. The average Bonchev–Trinajstić information content (AvgIpc) is 3.09. The Morgan fingerprint density at radius 3 is 3.04 bits per heavy atom. The lowest BCUT2D eigenvalue weighted by Crippen LogP contribution is -2.46. The summed E-state index contributed by atoms with van der Waals surface area (Å²) in [7, 11) is 0. The number of carbonyl (C=O) groups excluding carboxylic acids is 1. The quantitative estimate of drug-likeness (QED) is 0.914. The van der Waals surface area contributed by atoms with Gasteiger partial charge in [-0.1, -0.05) is 12.1 Å². The molecule has 1 aromatic heterocycles. The molecule has 1 aliphatic heterocycles. The van der Waals surface area contributed by atoms with Crippen LogP contribution in [0, 0.1) is 0 Å². The summed E-state index contributed by atoms with van der Waals surface area (Å²) in [5.41, 5.74) is 1.76. The normalized spacial score (nSPS) is 17.7. The van der Waals surface area contributed by atoms with E-state index < -0.39 is 0 Å². The predicted molar refractivity (Wildman–Crippen MR) is 89.6 cm³/mol. The molecule has 1 unspecified atom stereocenters. The Hall–Kier alpha value is -2.31. The summed E-state index contributed by atoms with van der Waals surface area (Å²) in [6.07, 6.45) is 1.70. The van der Waals surface area contributed by atoms with Gasteiger partial charge in [0.2, 0.25) is 0 Å². The summed E-state index contributed by atoms with van der Waals surface area (Å²) in [4.78, 5) is 14.1. The lowest BCUT2D eigenvalue weighted by molar-refractivity contribution is -0.00138. The fraction of sp³-hybridized carbons (Fsp3) is 0.389. The second-order valence-corrected chi connectivity index (χ2v) is 5.83. The van der Waals surface area contributed by atoms with Gasteiger partial charge in [0.05, 0.1) is 25.6 Å². The molecule has 0 spiro atoms. The summed E-state index contributed by atoms with van der Waals surface area (Å²) in [5, 5.41) is 2.93. The van der Waals surface area contributed by atoms with E-state index >= 15 is 0 Å². The van der Waals surface area contributed by atoms with Gasteiger partial charge in [-0.05, 0) is 36.8 Å². The van der Waals surface area contributed by atoms with Gasteiger partial charge in [0.25, 0.3) is 0 Å². The monoisotopic (exact) mass is 330 g/mol. The molecule has 0 radical (unpaired) electrons. The van der Waals surface area contributed by atoms with Crippen molar-refractivity contribution in [2.45, 2.75) is 26.2 Å². The zero-order chi connectivity index (χ0) is 16.8. The van der Waals surface area contributed by atoms with Crippen LogP contribution < -0.4 is 5.32 Å². The molecule has 0 saturated carbocycles. The van der Waals surface area contributed by atoms with Crippen molar-refractivity contribution < 1.29 is 18.7 Å². The number of benzene rings is 1. The predicted octanol–water partition coefficient (Wildman–Crippen LogP) is 3.25. The van der Waals surface area contributed by atoms with Crippen molar-refractivity contribution >= 4 is 11.7 Å². The van der Waals surface area contributed by atoms with Crippen LogP contribution in [-0.4, -0.2) is 36.7 Å². The van der Waals surface area contributed by atoms with Crippen LogP contribution in [0.25, 0.3) is 0 Å². The van der Waals surface area contributed by atoms with Gasteiger partial charge in [0.15, 0.2) is 0 Å². The molecule has 1 N–H and O–H groups in total. The second kappa shape index (κ2) is 7.99. The lowest BCUT2D eigenvalue weighted by Gasteiger charge is -2.31. The van der Waals surface area contributed by atoms with Crippen LogP contribution in [-0.2, 0) is 22.7 Å². The molecule has 2 amide bonds. The molecule has 6 heteroatoms. The molecule has 1 saturated heterocycles. The van der Waals surface area contributed by atoms with Crippen molar-refractivity contribution in [1.29, 1.82) is 0 Å². The van der Waals surface area contributed by atoms with Crippen LogP contribution >= 0.6 is 0 Å². The number of furan rings is 1. The molecule has 1 aromatic carbocycles. The molecule has 128 valence electrons. The first kappa shape index (κ1) is 16.5. The molecule has 1 atom stereocenters. The number of amides is 2. The van der Waals surface area contributed by atoms with Gasteiger partial charge in [-0.25, -0.2) is 4.79 Å². The zero-order valence-corrected chi connectivity index (χ0v) is 13.7. The average molecular weight is 330 g/mol. The Labute approximate surface area is 141 Å². The lowest BCUT2D eigenvalue weighted by atomic mass is 10.2. The highest BCUT2D eigenvalue weighted by Gasteiger charge is 2.21. The van der Waals surface area contributed by atoms with E-state index in [-0.39, 0.29) is 12.1 Å². The summed E-state index contributed by atoms with van der Waals surface area (Å²) in [5.74, 6) is 0.792. The van der Waals surface area contributed by atoms with Crippen LogP contribution in [0.15, 0.2) is 47.1 Å². The highest BCUT2D eigenvalue weighted by molar-refractivity contribution is 5.89. The number of anilines is 1. The van der Waals surface area contributed by atoms with Crippen LogP contribution in [0.1, 0.15) is 18.2 Å². The number of rotatable bonds is 5. The third kappa shape index (κ3) is 4.59. The van der Waals surface area contributed by atoms with E-state index in [0.717, 1.165) is 17.0 Å². The number of carbonyl (C=O) groups is 1. The van der Waals surface area contributed by atoms with E-state index in [1.165, 1.54) is 0 Å². The third-order valence-corrected chi connectivity index (χ3v) is 3.80. The SMILES string of the molecule is CC1CN(C(=O)Nc2cccc(COCc3ccco3)c2)CCO1. The topological polar surface area (TPSA) is 63.9 Å². The number of urea groups is 1. The van der Waals surface area contributed by atoms with E-state index in [2.05, 4.69) is 5.32 Å². The van der Waals surface area contributed by atoms with Crippen molar-refractivity contribution in [3.63, 3.8) is 0 Å². The maximum absolute atomic E-state index is 12.3. The number of hydrogen-bond acceptors (Lipinski definition) is 4. The summed E-state index contributed by atoms with van der Waals surface area (Å²) < 4.78 is 16.3. The Bertz CT molecular complexity index is 657. The van der Waals surface area contributed by atoms with Crippen LogP contribution in [0.2, 0.25) is 0 Å². The molecular weight excluding hydrogens is 308 g/mol. The van der Waals surface area contributed by atoms with Crippen LogP contribution in [0.5, 0.6) is 0 Å². The van der Waals surface area contributed by atoms with Gasteiger partial charge >= 0.3 is 6.03 Å². The molecule has 24 heavy (non-hydrogen) atoms. The van der Waals surface area contributed by atoms with Crippen molar-refractivity contribution in [3.05, 3.63) is 54.0 Å². The van der Waals surface area contributed by atoms with Gasteiger partial charge in [-0.3, -0.25) is 0 Å². The maximum Gasteiger partial charge on any atom is 0.322 e. The first-order chi connectivity index (χ1) is 11.7. The van der Waals surface area contributed by atoms with Crippen molar-refractivity contribution in [2.24, 2.45) is 0 Å². The minimum atomic E-state index is -0.0983. The molecule has 6 nitrogen and oxygen atoms in total. The van der Waals surface area contributed by atoms with Gasteiger partial charge in [-0.15, -0.1) is 0 Å². The van der Waals surface area contributed by atoms with Crippen LogP contribution in [0.3, 0.4) is 0 Å². The minimum Gasteiger partial charge on any atom is -0.467 e. The molecule has 2 aromatic rings. The molecular formula is C18H22N2O4. The smallest absolute Gasteiger partial charge is 0.322 e. The van der Waals surface area contributed by atoms with Gasteiger partial charge in [0.1, 0.15) is 12.4 Å². The van der Waals surface area contributed by atoms with E-state index in [9.17, 15) is 4.79 Å². The standard InChI is InChI=1S/C18H22N2O4/c1-14-11-20(7-9-23-14)18(21)19-16-5-2-4-15(10-16)12-22-13-17-6-3-8-24-17/h2-6,8,10,14H,7,9,11-13H2,1H3,(H,19,21). The van der Waals surface area contributed by atoms with E-state index in [1.54, 1.807) is 11.2 Å². The molecule has 1 fully saturated rings. The third-order valence-electron chi connectivity index (χ3n) is 3.80. The Morgan fingerprint density at radius 1 is 1.33 bits per heavy atom. The zero-order valence-electron chi connectivity index (χ0n) is 13.7. The number of nitrogens with one attached hydrogen (secondary N) is 1. The maximum atomic E-state index is 12.3. The number of morpholine rings is 1. The van der Waals surface area contributed by atoms with Crippen LogP contribution in [0.4, 0.5) is 10.5 Å². The van der Waals surface area contributed by atoms with Gasteiger partial charge in [-0.2, -0.15) is 0 Å². The first-order valence-corrected chi connectivity index (χ1v) is 8.07. The van der Waals surface area contributed by atoms with E-state index in [0.29, 0.717) is 32.9 Å². The van der Waals surface area contributed by atoms with Gasteiger partial charge < -0.3 is 24.1 Å². The highest BCUT2D eigenvalue weighted by Crippen LogP contribution is 2.14. The number of hydrogen-bond donors (Lipinski definition) is 1. The Morgan fingerprint density at radius 2 is 2.25 bits per heavy atom.